The van der Waals surface area contributed by atoms with Crippen molar-refractivity contribution in [1.82, 2.24) is 4.98 Å². The van der Waals surface area contributed by atoms with E-state index in [0.717, 1.165) is 0 Å². The first-order valence-electron chi connectivity index (χ1n) is 3.68. The number of rotatable bonds is 2. The summed E-state index contributed by atoms with van der Waals surface area (Å²) in [5.74, 6) is -0.873. The molecule has 0 saturated carbocycles. The molecule has 0 unspecified atom stereocenters. The van der Waals surface area contributed by atoms with E-state index in [2.05, 4.69) is 4.98 Å². The molecule has 1 amide bonds. The van der Waals surface area contributed by atoms with Gasteiger partial charge >= 0.3 is 0 Å². The summed E-state index contributed by atoms with van der Waals surface area (Å²) < 4.78 is 25.4. The topological polar surface area (TPSA) is 56.0 Å². The number of carbonyl (C=O) groups excluding carboxylic acids is 1. The van der Waals surface area contributed by atoms with E-state index in [-0.39, 0.29) is 5.56 Å². The zero-order valence-corrected chi connectivity index (χ0v) is 9.38. The molecule has 3 nitrogen and oxygen atoms in total. The highest BCUT2D eigenvalue weighted by Crippen LogP contribution is 2.24. The lowest BCUT2D eigenvalue weighted by molar-refractivity contribution is 0.0982. The Morgan fingerprint density at radius 1 is 1.64 bits per heavy atom. The van der Waals surface area contributed by atoms with E-state index in [1.165, 1.54) is 6.07 Å². The third kappa shape index (κ3) is 2.17. The third-order valence-corrected chi connectivity index (χ3v) is 2.22. The largest absolute Gasteiger partial charge is 0.366 e. The van der Waals surface area contributed by atoms with Crippen LogP contribution in [-0.2, 0) is 0 Å². The van der Waals surface area contributed by atoms with Crippen LogP contribution in [0.4, 0.5) is 8.78 Å². The molecule has 0 aliphatic heterocycles. The standard InChI is InChI=1S/C8H7F2IN2O/c1-3-2-4(11)13-6(7(9)10)5(3)8(12)14/h2,7H,1H3,(H2,12,14). The van der Waals surface area contributed by atoms with Gasteiger partial charge in [0.1, 0.15) is 9.39 Å². The van der Waals surface area contributed by atoms with Crippen molar-refractivity contribution < 1.29 is 13.6 Å². The van der Waals surface area contributed by atoms with Gasteiger partial charge < -0.3 is 5.73 Å². The molecule has 1 heterocycles. The summed E-state index contributed by atoms with van der Waals surface area (Å²) in [6.07, 6.45) is -2.79. The fourth-order valence-corrected chi connectivity index (χ4v) is 1.86. The van der Waals surface area contributed by atoms with E-state index < -0.39 is 18.0 Å². The first-order valence-corrected chi connectivity index (χ1v) is 4.76. The molecule has 0 aliphatic carbocycles. The summed E-state index contributed by atoms with van der Waals surface area (Å²) in [4.78, 5) is 14.5. The van der Waals surface area contributed by atoms with Crippen LogP contribution in [0.3, 0.4) is 0 Å². The molecule has 0 aromatic carbocycles. The molecular formula is C8H7F2IN2O. The first-order chi connectivity index (χ1) is 6.43. The van der Waals surface area contributed by atoms with E-state index in [9.17, 15) is 13.6 Å². The lowest BCUT2D eigenvalue weighted by atomic mass is 10.1. The van der Waals surface area contributed by atoms with Gasteiger partial charge in [0.05, 0.1) is 5.56 Å². The minimum absolute atomic E-state index is 0.180. The van der Waals surface area contributed by atoms with Gasteiger partial charge in [0.2, 0.25) is 0 Å². The Hall–Kier alpha value is -0.790. The number of nitrogens with zero attached hydrogens (tertiary/aromatic N) is 1. The molecule has 1 rings (SSSR count). The second-order valence-electron chi connectivity index (χ2n) is 2.69. The van der Waals surface area contributed by atoms with Crippen molar-refractivity contribution in [3.8, 4) is 0 Å². The highest BCUT2D eigenvalue weighted by molar-refractivity contribution is 14.1. The Morgan fingerprint density at radius 3 is 2.64 bits per heavy atom. The minimum atomic E-state index is -2.79. The van der Waals surface area contributed by atoms with E-state index in [1.807, 2.05) is 22.6 Å². The van der Waals surface area contributed by atoms with Crippen LogP contribution in [0.15, 0.2) is 6.07 Å². The summed E-state index contributed by atoms with van der Waals surface area (Å²) in [5, 5.41) is 0. The molecule has 76 valence electrons. The predicted molar refractivity (Wildman–Crippen MR) is 55.2 cm³/mol. The maximum Gasteiger partial charge on any atom is 0.281 e. The number of aromatic nitrogens is 1. The van der Waals surface area contributed by atoms with Crippen molar-refractivity contribution in [2.75, 3.05) is 0 Å². The average Bonchev–Trinajstić information content (AvgIpc) is 2.01. The maximum absolute atomic E-state index is 12.5. The molecular weight excluding hydrogens is 305 g/mol. The molecule has 6 heteroatoms. The van der Waals surface area contributed by atoms with Crippen molar-refractivity contribution in [3.05, 3.63) is 26.6 Å². The summed E-state index contributed by atoms with van der Waals surface area (Å²) in [6, 6.07) is 1.53. The quantitative estimate of drug-likeness (QED) is 0.671. The van der Waals surface area contributed by atoms with Crippen LogP contribution in [0.1, 0.15) is 28.0 Å². The molecule has 0 fully saturated rings. The average molecular weight is 312 g/mol. The molecule has 1 aromatic rings. The molecule has 0 bridgehead atoms. The molecule has 0 radical (unpaired) electrons. The number of hydrogen-bond acceptors (Lipinski definition) is 2. The summed E-state index contributed by atoms with van der Waals surface area (Å²) >= 11 is 1.81. The van der Waals surface area contributed by atoms with Gasteiger partial charge in [-0.05, 0) is 41.1 Å². The molecule has 0 aliphatic rings. The molecule has 1 aromatic heterocycles. The van der Waals surface area contributed by atoms with Gasteiger partial charge in [-0.15, -0.1) is 0 Å². The van der Waals surface area contributed by atoms with Gasteiger partial charge in [-0.2, -0.15) is 0 Å². The van der Waals surface area contributed by atoms with Crippen molar-refractivity contribution in [3.63, 3.8) is 0 Å². The highest BCUT2D eigenvalue weighted by atomic mass is 127. The molecule has 2 N–H and O–H groups in total. The van der Waals surface area contributed by atoms with E-state index in [1.54, 1.807) is 6.92 Å². The zero-order chi connectivity index (χ0) is 10.9. The smallest absolute Gasteiger partial charge is 0.281 e. The number of pyridine rings is 1. The lowest BCUT2D eigenvalue weighted by Gasteiger charge is -2.08. The van der Waals surface area contributed by atoms with Crippen LogP contribution < -0.4 is 5.73 Å². The van der Waals surface area contributed by atoms with Gasteiger partial charge in [0.15, 0.2) is 0 Å². The van der Waals surface area contributed by atoms with Crippen LogP contribution in [-0.4, -0.2) is 10.9 Å². The maximum atomic E-state index is 12.5. The second-order valence-corrected chi connectivity index (χ2v) is 3.79. The zero-order valence-electron chi connectivity index (χ0n) is 7.22. The number of carbonyl (C=O) groups is 1. The van der Waals surface area contributed by atoms with Gasteiger partial charge in [0.25, 0.3) is 12.3 Å². The first kappa shape index (κ1) is 11.3. The molecule has 0 spiro atoms. The van der Waals surface area contributed by atoms with Crippen LogP contribution in [0, 0.1) is 10.6 Å². The highest BCUT2D eigenvalue weighted by Gasteiger charge is 2.21. The van der Waals surface area contributed by atoms with Crippen LogP contribution >= 0.6 is 22.6 Å². The lowest BCUT2D eigenvalue weighted by Crippen LogP contribution is -2.17. The summed E-state index contributed by atoms with van der Waals surface area (Å²) in [5.41, 5.74) is 4.69. The number of aryl methyl sites for hydroxylation is 1. The van der Waals surface area contributed by atoms with E-state index >= 15 is 0 Å². The summed E-state index contributed by atoms with van der Waals surface area (Å²) in [7, 11) is 0. The molecule has 14 heavy (non-hydrogen) atoms. The van der Waals surface area contributed by atoms with Gasteiger partial charge in [0, 0.05) is 0 Å². The van der Waals surface area contributed by atoms with Crippen LogP contribution in [0.2, 0.25) is 0 Å². The van der Waals surface area contributed by atoms with Crippen LogP contribution in [0.25, 0.3) is 0 Å². The molecule has 0 saturated heterocycles. The Balaban J connectivity index is 3.44. The number of primary amides is 1. The normalized spacial score (nSPS) is 10.6. The molecule has 0 atom stereocenters. The van der Waals surface area contributed by atoms with E-state index in [4.69, 9.17) is 5.73 Å². The SMILES string of the molecule is Cc1cc(I)nc(C(F)F)c1C(N)=O. The number of alkyl halides is 2. The number of hydrogen-bond donors (Lipinski definition) is 1. The van der Waals surface area contributed by atoms with E-state index in [0.29, 0.717) is 9.26 Å². The Labute approximate surface area is 92.8 Å². The Kier molecular flexibility index (Phi) is 3.35. The monoisotopic (exact) mass is 312 g/mol. The Bertz CT molecular complexity index is 382. The second kappa shape index (κ2) is 4.16. The minimum Gasteiger partial charge on any atom is -0.366 e. The van der Waals surface area contributed by atoms with Crippen molar-refractivity contribution >= 4 is 28.5 Å². The number of nitrogens with two attached hydrogens (primary N) is 1. The van der Waals surface area contributed by atoms with Crippen molar-refractivity contribution in [2.45, 2.75) is 13.3 Å². The van der Waals surface area contributed by atoms with Gasteiger partial charge in [-0.25, -0.2) is 13.8 Å². The summed E-state index contributed by atoms with van der Waals surface area (Å²) in [6.45, 7) is 1.55. The van der Waals surface area contributed by atoms with Crippen molar-refractivity contribution in [2.24, 2.45) is 5.73 Å². The van der Waals surface area contributed by atoms with Gasteiger partial charge in [-0.1, -0.05) is 0 Å². The fraction of sp³-hybridized carbons (Fsp3) is 0.250. The number of amides is 1. The predicted octanol–water partition coefficient (Wildman–Crippen LogP) is 2.03. The fourth-order valence-electron chi connectivity index (χ4n) is 1.13. The van der Waals surface area contributed by atoms with Crippen molar-refractivity contribution in [1.29, 1.82) is 0 Å². The third-order valence-electron chi connectivity index (χ3n) is 1.67. The Morgan fingerprint density at radius 2 is 2.21 bits per heavy atom. The number of halogens is 3. The van der Waals surface area contributed by atoms with Gasteiger partial charge in [-0.3, -0.25) is 4.79 Å². The van der Waals surface area contributed by atoms with Crippen LogP contribution in [0.5, 0.6) is 0 Å².